The third-order valence-electron chi connectivity index (χ3n) is 6.73. The van der Waals surface area contributed by atoms with Crippen molar-refractivity contribution in [3.8, 4) is 0 Å². The fraction of sp³-hybridized carbons (Fsp3) is 0.696. The summed E-state index contributed by atoms with van der Waals surface area (Å²) < 4.78 is 1.97. The Hall–Kier alpha value is -1.95. The van der Waals surface area contributed by atoms with Gasteiger partial charge in [-0.3, -0.25) is 4.79 Å². The number of amides is 1. The minimum Gasteiger partial charge on any atom is -0.396 e. The van der Waals surface area contributed by atoms with E-state index in [-0.39, 0.29) is 23.5 Å². The second-order valence-corrected chi connectivity index (χ2v) is 10.1. The first kappa shape index (κ1) is 20.3. The first-order chi connectivity index (χ1) is 13.7. The second-order valence-electron chi connectivity index (χ2n) is 10.1. The molecular formula is C23H34N4O2. The normalized spacial score (nSPS) is 23.0. The highest BCUT2D eigenvalue weighted by Gasteiger charge is 2.37. The van der Waals surface area contributed by atoms with E-state index in [1.54, 1.807) is 0 Å². The van der Waals surface area contributed by atoms with Crippen LogP contribution in [0.2, 0.25) is 0 Å². The molecule has 1 saturated carbocycles. The molecule has 0 radical (unpaired) electrons. The number of likely N-dealkylation sites (tertiary alicyclic amines) is 1. The SMILES string of the molecule is CC[C@@]1(CO)CCCN(C(=O)c2cc(C3CC3)nc3c2c(C)nn3C(C)(C)C)C1. The molecule has 29 heavy (non-hydrogen) atoms. The molecule has 2 aliphatic rings. The quantitative estimate of drug-likeness (QED) is 0.845. The zero-order chi connectivity index (χ0) is 21.0. The number of fused-ring (bicyclic) bond motifs is 1. The predicted octanol–water partition coefficient (Wildman–Crippen LogP) is 4.00. The van der Waals surface area contributed by atoms with Crippen molar-refractivity contribution in [1.82, 2.24) is 19.7 Å². The van der Waals surface area contributed by atoms with Gasteiger partial charge < -0.3 is 10.0 Å². The molecule has 0 unspecified atom stereocenters. The molecule has 3 heterocycles. The molecule has 0 aromatic carbocycles. The third kappa shape index (κ3) is 3.56. The maximum Gasteiger partial charge on any atom is 0.254 e. The van der Waals surface area contributed by atoms with Crippen molar-refractivity contribution in [1.29, 1.82) is 0 Å². The van der Waals surface area contributed by atoms with Gasteiger partial charge in [0, 0.05) is 30.1 Å². The number of carbonyl (C=O) groups excluding carboxylic acids is 1. The van der Waals surface area contributed by atoms with Gasteiger partial charge in [0.1, 0.15) is 0 Å². The van der Waals surface area contributed by atoms with Gasteiger partial charge in [0.15, 0.2) is 5.65 Å². The number of piperidine rings is 1. The van der Waals surface area contributed by atoms with Crippen LogP contribution in [-0.2, 0) is 5.54 Å². The molecule has 4 rings (SSSR count). The fourth-order valence-corrected chi connectivity index (χ4v) is 4.61. The summed E-state index contributed by atoms with van der Waals surface area (Å²) in [5, 5.41) is 15.6. The van der Waals surface area contributed by atoms with Crippen LogP contribution in [0, 0.1) is 12.3 Å². The lowest BCUT2D eigenvalue weighted by molar-refractivity contribution is 0.0253. The topological polar surface area (TPSA) is 71.2 Å². The summed E-state index contributed by atoms with van der Waals surface area (Å²) in [7, 11) is 0. The maximum absolute atomic E-state index is 13.7. The van der Waals surface area contributed by atoms with Crippen LogP contribution >= 0.6 is 0 Å². The first-order valence-electron chi connectivity index (χ1n) is 11.0. The number of pyridine rings is 1. The van der Waals surface area contributed by atoms with Crippen molar-refractivity contribution < 1.29 is 9.90 Å². The van der Waals surface area contributed by atoms with Gasteiger partial charge in [-0.15, -0.1) is 0 Å². The number of aromatic nitrogens is 3. The van der Waals surface area contributed by atoms with Gasteiger partial charge in [0.2, 0.25) is 0 Å². The number of hydrogen-bond acceptors (Lipinski definition) is 4. The van der Waals surface area contributed by atoms with Gasteiger partial charge in [-0.05, 0) is 65.9 Å². The van der Waals surface area contributed by atoms with Crippen LogP contribution in [0.4, 0.5) is 0 Å². The van der Waals surface area contributed by atoms with Crippen LogP contribution in [-0.4, -0.2) is 50.4 Å². The molecule has 1 aliphatic carbocycles. The zero-order valence-electron chi connectivity index (χ0n) is 18.5. The van der Waals surface area contributed by atoms with E-state index < -0.39 is 0 Å². The Morgan fingerprint density at radius 1 is 1.34 bits per heavy atom. The Morgan fingerprint density at radius 3 is 2.66 bits per heavy atom. The lowest BCUT2D eigenvalue weighted by Gasteiger charge is -2.41. The minimum atomic E-state index is -0.207. The average molecular weight is 399 g/mol. The molecule has 158 valence electrons. The first-order valence-corrected chi connectivity index (χ1v) is 11.0. The molecule has 1 N–H and O–H groups in total. The van der Waals surface area contributed by atoms with Crippen LogP contribution < -0.4 is 0 Å². The summed E-state index contributed by atoms with van der Waals surface area (Å²) in [6.07, 6.45) is 5.07. The van der Waals surface area contributed by atoms with Gasteiger partial charge in [-0.25, -0.2) is 9.67 Å². The standard InChI is InChI=1S/C23H34N4O2/c1-6-23(14-28)10-7-11-26(13-23)21(29)17-12-18(16-8-9-16)24-20-19(17)15(2)25-27(20)22(3,4)5/h12,16,28H,6-11,13-14H2,1-5H3/t23-/m1/s1. The Balaban J connectivity index is 1.82. The van der Waals surface area contributed by atoms with Crippen molar-refractivity contribution in [3.63, 3.8) is 0 Å². The highest BCUT2D eigenvalue weighted by atomic mass is 16.3. The second kappa shape index (κ2) is 7.08. The number of carbonyl (C=O) groups is 1. The van der Waals surface area contributed by atoms with Gasteiger partial charge in [0.05, 0.1) is 28.8 Å². The highest BCUT2D eigenvalue weighted by Crippen LogP contribution is 2.41. The maximum atomic E-state index is 13.7. The van der Waals surface area contributed by atoms with Crippen molar-refractivity contribution in [2.45, 2.75) is 78.2 Å². The van der Waals surface area contributed by atoms with Crippen LogP contribution in [0.3, 0.4) is 0 Å². The molecule has 1 aliphatic heterocycles. The number of nitrogens with zero attached hydrogens (tertiary/aromatic N) is 4. The van der Waals surface area contributed by atoms with Crippen molar-refractivity contribution in [2.75, 3.05) is 19.7 Å². The van der Waals surface area contributed by atoms with Crippen LogP contribution in [0.15, 0.2) is 6.07 Å². The monoisotopic (exact) mass is 398 g/mol. The van der Waals surface area contributed by atoms with Crippen LogP contribution in [0.25, 0.3) is 11.0 Å². The van der Waals surface area contributed by atoms with Crippen molar-refractivity contribution in [2.24, 2.45) is 5.41 Å². The average Bonchev–Trinajstić information content (AvgIpc) is 3.49. The molecule has 6 heteroatoms. The molecule has 2 fully saturated rings. The molecule has 6 nitrogen and oxygen atoms in total. The molecule has 1 amide bonds. The zero-order valence-corrected chi connectivity index (χ0v) is 18.5. The largest absolute Gasteiger partial charge is 0.396 e. The van der Waals surface area contributed by atoms with E-state index in [0.29, 0.717) is 12.5 Å². The predicted molar refractivity (Wildman–Crippen MR) is 114 cm³/mol. The van der Waals surface area contributed by atoms with Crippen molar-refractivity contribution in [3.05, 3.63) is 23.0 Å². The minimum absolute atomic E-state index is 0.0573. The van der Waals surface area contributed by atoms with Gasteiger partial charge in [0.25, 0.3) is 5.91 Å². The van der Waals surface area contributed by atoms with E-state index in [1.165, 1.54) is 0 Å². The van der Waals surface area contributed by atoms with E-state index in [1.807, 2.05) is 22.6 Å². The molecule has 0 bridgehead atoms. The van der Waals surface area contributed by atoms with E-state index in [2.05, 4.69) is 27.7 Å². The lowest BCUT2D eigenvalue weighted by Crippen LogP contribution is -2.47. The summed E-state index contributed by atoms with van der Waals surface area (Å²) in [6, 6.07) is 2.02. The molecular weight excluding hydrogens is 364 g/mol. The Kier molecular flexibility index (Phi) is 4.96. The fourth-order valence-electron chi connectivity index (χ4n) is 4.61. The van der Waals surface area contributed by atoms with E-state index in [4.69, 9.17) is 10.1 Å². The van der Waals surface area contributed by atoms with E-state index in [9.17, 15) is 9.90 Å². The Bertz CT molecular complexity index is 932. The van der Waals surface area contributed by atoms with Crippen molar-refractivity contribution >= 4 is 16.9 Å². The summed E-state index contributed by atoms with van der Waals surface area (Å²) in [5.74, 6) is 0.518. The summed E-state index contributed by atoms with van der Waals surface area (Å²) in [5.41, 5.74) is 3.05. The van der Waals surface area contributed by atoms with Gasteiger partial charge in [-0.2, -0.15) is 5.10 Å². The lowest BCUT2D eigenvalue weighted by atomic mass is 9.78. The summed E-state index contributed by atoms with van der Waals surface area (Å²) in [6.45, 7) is 11.9. The number of aliphatic hydroxyl groups is 1. The Labute approximate surface area is 173 Å². The summed E-state index contributed by atoms with van der Waals surface area (Å²) >= 11 is 0. The van der Waals surface area contributed by atoms with E-state index in [0.717, 1.165) is 66.6 Å². The van der Waals surface area contributed by atoms with Gasteiger partial charge in [-0.1, -0.05) is 6.92 Å². The van der Waals surface area contributed by atoms with Crippen LogP contribution in [0.5, 0.6) is 0 Å². The summed E-state index contributed by atoms with van der Waals surface area (Å²) in [4.78, 5) is 20.6. The molecule has 0 spiro atoms. The Morgan fingerprint density at radius 2 is 2.07 bits per heavy atom. The van der Waals surface area contributed by atoms with Gasteiger partial charge >= 0.3 is 0 Å². The molecule has 1 atom stereocenters. The molecule has 1 saturated heterocycles. The number of aliphatic hydroxyl groups excluding tert-OH is 1. The highest BCUT2D eigenvalue weighted by molar-refractivity contribution is 6.06. The number of rotatable bonds is 4. The van der Waals surface area contributed by atoms with E-state index >= 15 is 0 Å². The molecule has 2 aromatic rings. The smallest absolute Gasteiger partial charge is 0.254 e. The number of aryl methyl sites for hydroxylation is 1. The molecule has 2 aromatic heterocycles. The third-order valence-corrected chi connectivity index (χ3v) is 6.73. The number of hydrogen-bond donors (Lipinski definition) is 1. The van der Waals surface area contributed by atoms with Crippen LogP contribution in [0.1, 0.15) is 87.5 Å².